The van der Waals surface area contributed by atoms with Crippen LogP contribution in [0.15, 0.2) is 30.6 Å². The minimum Gasteiger partial charge on any atom is -0.371 e. The average Bonchev–Trinajstić information content (AvgIpc) is 2.84. The highest BCUT2D eigenvalue weighted by Gasteiger charge is 2.21. The summed E-state index contributed by atoms with van der Waals surface area (Å²) in [6.07, 6.45) is 3.83. The molecule has 112 valence electrons. The SMILES string of the molecule is Cc1cc(C)n(CCN2CCOC(c3cccnc3)C2)n1. The third kappa shape index (κ3) is 3.49. The summed E-state index contributed by atoms with van der Waals surface area (Å²) in [5.41, 5.74) is 3.47. The molecule has 2 aromatic heterocycles. The molecule has 21 heavy (non-hydrogen) atoms. The maximum Gasteiger partial charge on any atom is 0.0967 e. The van der Waals surface area contributed by atoms with Gasteiger partial charge in [-0.25, -0.2) is 0 Å². The lowest BCUT2D eigenvalue weighted by Gasteiger charge is -2.33. The zero-order chi connectivity index (χ0) is 14.7. The van der Waals surface area contributed by atoms with E-state index in [4.69, 9.17) is 4.74 Å². The molecule has 1 atom stereocenters. The Kier molecular flexibility index (Phi) is 4.31. The van der Waals surface area contributed by atoms with E-state index in [1.54, 1.807) is 6.20 Å². The van der Waals surface area contributed by atoms with Crippen LogP contribution in [0.4, 0.5) is 0 Å². The van der Waals surface area contributed by atoms with Gasteiger partial charge in [-0.05, 0) is 26.0 Å². The summed E-state index contributed by atoms with van der Waals surface area (Å²) in [6.45, 7) is 8.76. The van der Waals surface area contributed by atoms with Gasteiger partial charge in [0.05, 0.1) is 24.9 Å². The Labute approximate surface area is 125 Å². The van der Waals surface area contributed by atoms with Gasteiger partial charge in [0.1, 0.15) is 0 Å². The molecule has 2 aromatic rings. The van der Waals surface area contributed by atoms with Crippen LogP contribution in [-0.4, -0.2) is 45.9 Å². The molecule has 0 radical (unpaired) electrons. The Morgan fingerprint density at radius 3 is 2.95 bits per heavy atom. The summed E-state index contributed by atoms with van der Waals surface area (Å²) in [7, 11) is 0. The standard InChI is InChI=1S/C16H22N4O/c1-13-10-14(2)20(18-13)7-6-19-8-9-21-16(12-19)15-4-3-5-17-11-15/h3-5,10-11,16H,6-9,12H2,1-2H3. The number of rotatable bonds is 4. The van der Waals surface area contributed by atoms with Gasteiger partial charge in [0.15, 0.2) is 0 Å². The number of ether oxygens (including phenoxy) is 1. The van der Waals surface area contributed by atoms with E-state index in [-0.39, 0.29) is 6.10 Å². The molecule has 5 heteroatoms. The zero-order valence-electron chi connectivity index (χ0n) is 12.7. The summed E-state index contributed by atoms with van der Waals surface area (Å²) < 4.78 is 7.96. The summed E-state index contributed by atoms with van der Waals surface area (Å²) >= 11 is 0. The van der Waals surface area contributed by atoms with Gasteiger partial charge in [-0.3, -0.25) is 14.6 Å². The van der Waals surface area contributed by atoms with Crippen molar-refractivity contribution in [3.8, 4) is 0 Å². The fourth-order valence-electron chi connectivity index (χ4n) is 2.81. The summed E-state index contributed by atoms with van der Waals surface area (Å²) in [6, 6.07) is 6.17. The van der Waals surface area contributed by atoms with Gasteiger partial charge >= 0.3 is 0 Å². The first-order chi connectivity index (χ1) is 10.2. The Balaban J connectivity index is 1.58. The summed E-state index contributed by atoms with van der Waals surface area (Å²) in [5, 5.41) is 4.52. The molecule has 0 aromatic carbocycles. The van der Waals surface area contributed by atoms with Gasteiger partial charge in [-0.15, -0.1) is 0 Å². The first kappa shape index (κ1) is 14.2. The van der Waals surface area contributed by atoms with Gasteiger partial charge < -0.3 is 4.74 Å². The Morgan fingerprint density at radius 2 is 2.24 bits per heavy atom. The van der Waals surface area contributed by atoms with Crippen LogP contribution in [-0.2, 0) is 11.3 Å². The van der Waals surface area contributed by atoms with E-state index in [2.05, 4.69) is 38.7 Å². The minimum atomic E-state index is 0.132. The molecule has 1 aliphatic rings. The molecular weight excluding hydrogens is 264 g/mol. The average molecular weight is 286 g/mol. The van der Waals surface area contributed by atoms with Crippen molar-refractivity contribution in [2.45, 2.75) is 26.5 Å². The van der Waals surface area contributed by atoms with E-state index >= 15 is 0 Å². The Bertz CT molecular complexity index is 581. The molecule has 3 heterocycles. The molecule has 0 amide bonds. The van der Waals surface area contributed by atoms with Crippen molar-refractivity contribution < 1.29 is 4.74 Å². The molecule has 5 nitrogen and oxygen atoms in total. The lowest BCUT2D eigenvalue weighted by atomic mass is 10.1. The van der Waals surface area contributed by atoms with Crippen LogP contribution in [0.5, 0.6) is 0 Å². The van der Waals surface area contributed by atoms with Crippen molar-refractivity contribution in [1.29, 1.82) is 0 Å². The fraction of sp³-hybridized carbons (Fsp3) is 0.500. The van der Waals surface area contributed by atoms with Crippen molar-refractivity contribution in [2.75, 3.05) is 26.2 Å². The molecule has 0 bridgehead atoms. The van der Waals surface area contributed by atoms with Crippen LogP contribution in [0.3, 0.4) is 0 Å². The molecule has 1 fully saturated rings. The Hall–Kier alpha value is -1.72. The van der Waals surface area contributed by atoms with Gasteiger partial charge in [0.2, 0.25) is 0 Å². The molecule has 0 N–H and O–H groups in total. The van der Waals surface area contributed by atoms with Crippen LogP contribution in [0.25, 0.3) is 0 Å². The van der Waals surface area contributed by atoms with E-state index in [9.17, 15) is 0 Å². The third-order valence-electron chi connectivity index (χ3n) is 3.94. The molecular formula is C16H22N4O. The van der Waals surface area contributed by atoms with Crippen LogP contribution in [0.2, 0.25) is 0 Å². The molecule has 0 saturated carbocycles. The predicted octanol–water partition coefficient (Wildman–Crippen LogP) is 1.97. The monoisotopic (exact) mass is 286 g/mol. The van der Waals surface area contributed by atoms with E-state index in [0.29, 0.717) is 0 Å². The van der Waals surface area contributed by atoms with E-state index in [0.717, 1.165) is 44.0 Å². The third-order valence-corrected chi connectivity index (χ3v) is 3.94. The largest absolute Gasteiger partial charge is 0.371 e. The van der Waals surface area contributed by atoms with Crippen molar-refractivity contribution >= 4 is 0 Å². The smallest absolute Gasteiger partial charge is 0.0967 e. The maximum atomic E-state index is 5.87. The highest BCUT2D eigenvalue weighted by Crippen LogP contribution is 2.21. The number of pyridine rings is 1. The highest BCUT2D eigenvalue weighted by molar-refractivity contribution is 5.13. The van der Waals surface area contributed by atoms with E-state index in [1.807, 2.05) is 19.2 Å². The second kappa shape index (κ2) is 6.37. The normalized spacial score (nSPS) is 19.8. The molecule has 0 aliphatic carbocycles. The van der Waals surface area contributed by atoms with Crippen LogP contribution >= 0.6 is 0 Å². The maximum absolute atomic E-state index is 5.87. The summed E-state index contributed by atoms with van der Waals surface area (Å²) in [5.74, 6) is 0. The van der Waals surface area contributed by atoms with Gasteiger partial charge in [0.25, 0.3) is 0 Å². The van der Waals surface area contributed by atoms with Gasteiger partial charge in [-0.1, -0.05) is 6.07 Å². The van der Waals surface area contributed by atoms with E-state index in [1.165, 1.54) is 5.69 Å². The second-order valence-corrected chi connectivity index (χ2v) is 5.60. The molecule has 1 saturated heterocycles. The van der Waals surface area contributed by atoms with Crippen molar-refractivity contribution in [1.82, 2.24) is 19.7 Å². The van der Waals surface area contributed by atoms with Gasteiger partial charge in [0, 0.05) is 43.3 Å². The predicted molar refractivity (Wildman–Crippen MR) is 81.1 cm³/mol. The fourth-order valence-corrected chi connectivity index (χ4v) is 2.81. The lowest BCUT2D eigenvalue weighted by molar-refractivity contribution is -0.0313. The molecule has 0 spiro atoms. The molecule has 3 rings (SSSR count). The number of aromatic nitrogens is 3. The van der Waals surface area contributed by atoms with Crippen LogP contribution in [0, 0.1) is 13.8 Å². The van der Waals surface area contributed by atoms with Crippen molar-refractivity contribution in [3.63, 3.8) is 0 Å². The number of aryl methyl sites for hydroxylation is 2. The first-order valence-electron chi connectivity index (χ1n) is 7.47. The number of hydrogen-bond donors (Lipinski definition) is 0. The molecule has 1 aliphatic heterocycles. The van der Waals surface area contributed by atoms with Crippen molar-refractivity contribution in [3.05, 3.63) is 47.5 Å². The van der Waals surface area contributed by atoms with Gasteiger partial charge in [-0.2, -0.15) is 5.10 Å². The number of nitrogens with zero attached hydrogens (tertiary/aromatic N) is 4. The quantitative estimate of drug-likeness (QED) is 0.862. The zero-order valence-corrected chi connectivity index (χ0v) is 12.7. The minimum absolute atomic E-state index is 0.132. The van der Waals surface area contributed by atoms with Crippen LogP contribution < -0.4 is 0 Å². The van der Waals surface area contributed by atoms with E-state index < -0.39 is 0 Å². The molecule has 1 unspecified atom stereocenters. The first-order valence-corrected chi connectivity index (χ1v) is 7.47. The lowest BCUT2D eigenvalue weighted by Crippen LogP contribution is -2.40. The summed E-state index contributed by atoms with van der Waals surface area (Å²) in [4.78, 5) is 6.62. The van der Waals surface area contributed by atoms with Crippen molar-refractivity contribution in [2.24, 2.45) is 0 Å². The number of hydrogen-bond acceptors (Lipinski definition) is 4. The number of morpholine rings is 1. The second-order valence-electron chi connectivity index (χ2n) is 5.60. The Morgan fingerprint density at radius 1 is 1.33 bits per heavy atom. The topological polar surface area (TPSA) is 43.2 Å². The van der Waals surface area contributed by atoms with Crippen LogP contribution in [0.1, 0.15) is 23.1 Å². The highest BCUT2D eigenvalue weighted by atomic mass is 16.5.